The smallest absolute Gasteiger partial charge is 0.0776 e. The molecule has 1 unspecified atom stereocenters. The third kappa shape index (κ3) is 3.74. The number of aliphatic hydroxyl groups excluding tert-OH is 1. The predicted molar refractivity (Wildman–Crippen MR) is 88.0 cm³/mol. The van der Waals surface area contributed by atoms with Gasteiger partial charge in [0.05, 0.1) is 19.3 Å². The van der Waals surface area contributed by atoms with Crippen LogP contribution in [-0.4, -0.2) is 49.0 Å². The van der Waals surface area contributed by atoms with E-state index in [2.05, 4.69) is 29.2 Å². The van der Waals surface area contributed by atoms with Gasteiger partial charge in [-0.1, -0.05) is 60.7 Å². The summed E-state index contributed by atoms with van der Waals surface area (Å²) in [5.41, 5.74) is 2.32. The molecule has 3 heteroatoms. The van der Waals surface area contributed by atoms with Crippen LogP contribution in [0, 0.1) is 0 Å². The van der Waals surface area contributed by atoms with Crippen LogP contribution in [0.3, 0.4) is 0 Å². The Bertz CT molecular complexity index is 513. The zero-order chi connectivity index (χ0) is 15.2. The summed E-state index contributed by atoms with van der Waals surface area (Å²) in [6, 6.07) is 20.6. The first-order valence-corrected chi connectivity index (χ1v) is 7.92. The zero-order valence-corrected chi connectivity index (χ0v) is 12.8. The molecule has 2 aromatic carbocycles. The van der Waals surface area contributed by atoms with Gasteiger partial charge in [0.2, 0.25) is 0 Å². The third-order valence-electron chi connectivity index (χ3n) is 4.25. The summed E-state index contributed by atoms with van der Waals surface area (Å²) in [4.78, 5) is 2.28. The monoisotopic (exact) mass is 297 g/mol. The average Bonchev–Trinajstić information content (AvgIpc) is 2.58. The molecule has 0 amide bonds. The summed E-state index contributed by atoms with van der Waals surface area (Å²) in [5, 5.41) is 10.9. The van der Waals surface area contributed by atoms with Gasteiger partial charge in [0.25, 0.3) is 0 Å². The third-order valence-corrected chi connectivity index (χ3v) is 4.25. The molecular formula is C19H23NO2. The van der Waals surface area contributed by atoms with E-state index in [1.54, 1.807) is 0 Å². The normalized spacial score (nSPS) is 17.5. The van der Waals surface area contributed by atoms with Gasteiger partial charge in [-0.3, -0.25) is 4.90 Å². The van der Waals surface area contributed by atoms with E-state index >= 15 is 0 Å². The second kappa shape index (κ2) is 7.54. The Hall–Kier alpha value is -1.68. The average molecular weight is 297 g/mol. The van der Waals surface area contributed by atoms with E-state index in [9.17, 15) is 5.11 Å². The van der Waals surface area contributed by atoms with Gasteiger partial charge in [0, 0.05) is 25.6 Å². The number of β-amino-alcohol motifs (C(OH)–C–C–N with tert-alkyl or cyclic N) is 1. The fourth-order valence-corrected chi connectivity index (χ4v) is 3.11. The van der Waals surface area contributed by atoms with Crippen molar-refractivity contribution in [2.24, 2.45) is 0 Å². The van der Waals surface area contributed by atoms with Crippen molar-refractivity contribution in [3.8, 4) is 0 Å². The van der Waals surface area contributed by atoms with Crippen LogP contribution in [0.5, 0.6) is 0 Å². The Labute approximate surface area is 132 Å². The lowest BCUT2D eigenvalue weighted by atomic mass is 9.86. The van der Waals surface area contributed by atoms with Crippen molar-refractivity contribution >= 4 is 0 Å². The Balaban J connectivity index is 1.81. The summed E-state index contributed by atoms with van der Waals surface area (Å²) < 4.78 is 5.39. The zero-order valence-electron chi connectivity index (χ0n) is 12.8. The molecule has 0 saturated carbocycles. The van der Waals surface area contributed by atoms with Crippen molar-refractivity contribution in [2.75, 3.05) is 32.8 Å². The van der Waals surface area contributed by atoms with Crippen molar-refractivity contribution < 1.29 is 9.84 Å². The summed E-state index contributed by atoms with van der Waals surface area (Å²) in [7, 11) is 0. The van der Waals surface area contributed by atoms with Crippen LogP contribution in [0.25, 0.3) is 0 Å². The van der Waals surface area contributed by atoms with Gasteiger partial charge < -0.3 is 9.84 Å². The number of benzene rings is 2. The second-order valence-electron chi connectivity index (χ2n) is 5.78. The highest BCUT2D eigenvalue weighted by atomic mass is 16.5. The van der Waals surface area contributed by atoms with E-state index in [0.29, 0.717) is 6.54 Å². The summed E-state index contributed by atoms with van der Waals surface area (Å²) in [6.07, 6.45) is -0.428. The standard InChI is InChI=1S/C19H23NO2/c21-18(15-20-11-13-22-14-12-20)19(16-7-3-1-4-8-16)17-9-5-2-6-10-17/h1-10,18-19,21H,11-15H2. The topological polar surface area (TPSA) is 32.7 Å². The number of morpholine rings is 1. The predicted octanol–water partition coefficient (Wildman–Crippen LogP) is 2.51. The molecule has 0 aromatic heterocycles. The SMILES string of the molecule is OC(CN1CCOCC1)C(c1ccccc1)c1ccccc1. The second-order valence-corrected chi connectivity index (χ2v) is 5.78. The van der Waals surface area contributed by atoms with Crippen LogP contribution in [0.2, 0.25) is 0 Å². The minimum Gasteiger partial charge on any atom is -0.391 e. The largest absolute Gasteiger partial charge is 0.391 e. The molecule has 0 bridgehead atoms. The molecule has 3 nitrogen and oxygen atoms in total. The van der Waals surface area contributed by atoms with Crippen LogP contribution >= 0.6 is 0 Å². The van der Waals surface area contributed by atoms with E-state index in [1.807, 2.05) is 36.4 Å². The summed E-state index contributed by atoms with van der Waals surface area (Å²) >= 11 is 0. The number of rotatable bonds is 5. The molecule has 2 aromatic rings. The van der Waals surface area contributed by atoms with Crippen LogP contribution in [0.15, 0.2) is 60.7 Å². The van der Waals surface area contributed by atoms with Gasteiger partial charge in [-0.25, -0.2) is 0 Å². The Kier molecular flexibility index (Phi) is 5.22. The van der Waals surface area contributed by atoms with Gasteiger partial charge >= 0.3 is 0 Å². The molecule has 116 valence electrons. The molecular weight excluding hydrogens is 274 g/mol. The van der Waals surface area contributed by atoms with Crippen molar-refractivity contribution in [3.63, 3.8) is 0 Å². The number of nitrogens with zero attached hydrogens (tertiary/aromatic N) is 1. The molecule has 1 aliphatic heterocycles. The van der Waals surface area contributed by atoms with E-state index < -0.39 is 6.10 Å². The van der Waals surface area contributed by atoms with Crippen molar-refractivity contribution in [1.29, 1.82) is 0 Å². The lowest BCUT2D eigenvalue weighted by molar-refractivity contribution is 0.0116. The van der Waals surface area contributed by atoms with Crippen molar-refractivity contribution in [2.45, 2.75) is 12.0 Å². The van der Waals surface area contributed by atoms with E-state index in [4.69, 9.17) is 4.74 Å². The van der Waals surface area contributed by atoms with Crippen molar-refractivity contribution in [1.82, 2.24) is 4.90 Å². The minimum absolute atomic E-state index is 0.00486. The Morgan fingerprint density at radius 3 is 1.86 bits per heavy atom. The lowest BCUT2D eigenvalue weighted by Crippen LogP contribution is -2.42. The van der Waals surface area contributed by atoms with E-state index in [1.165, 1.54) is 0 Å². The highest BCUT2D eigenvalue weighted by Crippen LogP contribution is 2.28. The number of hydrogen-bond acceptors (Lipinski definition) is 3. The Morgan fingerprint density at radius 1 is 0.864 bits per heavy atom. The van der Waals surface area contributed by atoms with Gasteiger partial charge in [0.1, 0.15) is 0 Å². The molecule has 1 atom stereocenters. The molecule has 1 fully saturated rings. The van der Waals surface area contributed by atoms with Crippen LogP contribution in [-0.2, 0) is 4.74 Å². The van der Waals surface area contributed by atoms with Crippen LogP contribution in [0.1, 0.15) is 17.0 Å². The Morgan fingerprint density at radius 2 is 1.36 bits per heavy atom. The molecule has 1 N–H and O–H groups in total. The van der Waals surface area contributed by atoms with Crippen LogP contribution in [0.4, 0.5) is 0 Å². The fourth-order valence-electron chi connectivity index (χ4n) is 3.11. The lowest BCUT2D eigenvalue weighted by Gasteiger charge is -2.32. The molecule has 0 radical (unpaired) electrons. The highest BCUT2D eigenvalue weighted by Gasteiger charge is 2.25. The number of ether oxygens (including phenoxy) is 1. The van der Waals surface area contributed by atoms with Gasteiger partial charge in [0.15, 0.2) is 0 Å². The molecule has 0 aliphatic carbocycles. The molecule has 3 rings (SSSR count). The molecule has 1 heterocycles. The maximum Gasteiger partial charge on any atom is 0.0776 e. The van der Waals surface area contributed by atoms with Crippen LogP contribution < -0.4 is 0 Å². The maximum atomic E-state index is 10.9. The van der Waals surface area contributed by atoms with Gasteiger partial charge in [-0.05, 0) is 11.1 Å². The molecule has 1 aliphatic rings. The molecule has 0 spiro atoms. The van der Waals surface area contributed by atoms with E-state index in [0.717, 1.165) is 37.4 Å². The molecule has 22 heavy (non-hydrogen) atoms. The number of hydrogen-bond donors (Lipinski definition) is 1. The molecule has 1 saturated heterocycles. The van der Waals surface area contributed by atoms with Gasteiger partial charge in [-0.15, -0.1) is 0 Å². The fraction of sp³-hybridized carbons (Fsp3) is 0.368. The van der Waals surface area contributed by atoms with E-state index in [-0.39, 0.29) is 5.92 Å². The quantitative estimate of drug-likeness (QED) is 0.920. The first kappa shape index (κ1) is 15.2. The minimum atomic E-state index is -0.428. The number of aliphatic hydroxyl groups is 1. The maximum absolute atomic E-state index is 10.9. The first-order chi connectivity index (χ1) is 10.8. The van der Waals surface area contributed by atoms with Gasteiger partial charge in [-0.2, -0.15) is 0 Å². The summed E-state index contributed by atoms with van der Waals surface area (Å²) in [6.45, 7) is 3.99. The first-order valence-electron chi connectivity index (χ1n) is 7.92. The van der Waals surface area contributed by atoms with Crippen molar-refractivity contribution in [3.05, 3.63) is 71.8 Å². The summed E-state index contributed by atoms with van der Waals surface area (Å²) in [5.74, 6) is 0.00486. The highest BCUT2D eigenvalue weighted by molar-refractivity contribution is 5.33.